The number of nitrogens with two attached hydrogens (primary N) is 1. The van der Waals surface area contributed by atoms with E-state index >= 15 is 0 Å². The lowest BCUT2D eigenvalue weighted by Gasteiger charge is -2.28. The molecule has 0 aliphatic carbocycles. The van der Waals surface area contributed by atoms with Crippen molar-refractivity contribution in [2.45, 2.75) is 51.8 Å². The highest BCUT2D eigenvalue weighted by Gasteiger charge is 2.29. The third-order valence-electron chi connectivity index (χ3n) is 5.42. The highest BCUT2D eigenvalue weighted by atomic mass is 16.6. The van der Waals surface area contributed by atoms with Gasteiger partial charge in [-0.05, 0) is 51.3 Å². The fraction of sp³-hybridized carbons (Fsp3) is 0.391. The average Bonchev–Trinajstić information content (AvgIpc) is 3.07. The van der Waals surface area contributed by atoms with Crippen LogP contribution in [-0.2, 0) is 22.4 Å². The van der Waals surface area contributed by atoms with Crippen LogP contribution in [0, 0.1) is 0 Å². The number of aromatic nitrogens is 3. The van der Waals surface area contributed by atoms with Gasteiger partial charge in [0, 0.05) is 17.8 Å². The molecule has 9 heteroatoms. The van der Waals surface area contributed by atoms with Gasteiger partial charge in [-0.25, -0.2) is 19.6 Å². The predicted octanol–water partition coefficient (Wildman–Crippen LogP) is 3.31. The molecule has 3 aromatic rings. The van der Waals surface area contributed by atoms with Gasteiger partial charge in [0.2, 0.25) is 0 Å². The minimum Gasteiger partial charge on any atom is -0.465 e. The van der Waals surface area contributed by atoms with Crippen molar-refractivity contribution < 1.29 is 19.1 Å². The highest BCUT2D eigenvalue weighted by Crippen LogP contribution is 2.39. The van der Waals surface area contributed by atoms with E-state index in [4.69, 9.17) is 15.2 Å². The Morgan fingerprint density at radius 3 is 2.56 bits per heavy atom. The van der Waals surface area contributed by atoms with Crippen molar-refractivity contribution >= 4 is 28.9 Å². The Morgan fingerprint density at radius 1 is 1.19 bits per heavy atom. The zero-order valence-corrected chi connectivity index (χ0v) is 18.6. The first kappa shape index (κ1) is 21.6. The second-order valence-corrected chi connectivity index (χ2v) is 8.84. The van der Waals surface area contributed by atoms with Gasteiger partial charge in [-0.15, -0.1) is 0 Å². The predicted molar refractivity (Wildman–Crippen MR) is 120 cm³/mol. The normalized spacial score (nSPS) is 15.8. The van der Waals surface area contributed by atoms with E-state index in [9.17, 15) is 9.59 Å². The van der Waals surface area contributed by atoms with Crippen LogP contribution in [0.5, 0.6) is 0 Å². The second kappa shape index (κ2) is 8.14. The van der Waals surface area contributed by atoms with Crippen LogP contribution in [0.1, 0.15) is 43.2 Å². The summed E-state index contributed by atoms with van der Waals surface area (Å²) in [4.78, 5) is 32.8. The molecule has 1 atom stereocenters. The number of amides is 1. The number of nitrogens with one attached hydrogen (secondary N) is 1. The van der Waals surface area contributed by atoms with Crippen LogP contribution in [0.2, 0.25) is 0 Å². The summed E-state index contributed by atoms with van der Waals surface area (Å²) in [7, 11) is 1.35. The Hall–Kier alpha value is -3.62. The van der Waals surface area contributed by atoms with Crippen molar-refractivity contribution in [2.24, 2.45) is 0 Å². The molecular weight excluding hydrogens is 410 g/mol. The van der Waals surface area contributed by atoms with Gasteiger partial charge in [-0.1, -0.05) is 12.1 Å². The molecule has 1 aliphatic heterocycles. The van der Waals surface area contributed by atoms with Crippen molar-refractivity contribution in [1.29, 1.82) is 0 Å². The number of hydrogen-bond acceptors (Lipinski definition) is 7. The Balaban J connectivity index is 1.72. The molecule has 1 amide bonds. The summed E-state index contributed by atoms with van der Waals surface area (Å²) in [6.07, 6.45) is 2.47. The molecule has 1 aliphatic rings. The number of fused-ring (bicyclic) bond motifs is 3. The van der Waals surface area contributed by atoms with E-state index in [0.717, 1.165) is 34.3 Å². The fourth-order valence-electron chi connectivity index (χ4n) is 4.11. The number of hydrogen-bond donors (Lipinski definition) is 2. The third-order valence-corrected chi connectivity index (χ3v) is 5.42. The second-order valence-electron chi connectivity index (χ2n) is 8.84. The maximum absolute atomic E-state index is 12.3. The molecule has 0 saturated heterocycles. The largest absolute Gasteiger partial charge is 0.465 e. The van der Waals surface area contributed by atoms with Crippen LogP contribution in [0.25, 0.3) is 22.2 Å². The summed E-state index contributed by atoms with van der Waals surface area (Å²) in [6, 6.07) is 7.11. The Morgan fingerprint density at radius 2 is 1.91 bits per heavy atom. The lowest BCUT2D eigenvalue weighted by atomic mass is 9.96. The molecule has 0 fully saturated rings. The van der Waals surface area contributed by atoms with Crippen molar-refractivity contribution in [3.05, 3.63) is 41.9 Å². The minimum absolute atomic E-state index is 0.0984. The fourth-order valence-corrected chi connectivity index (χ4v) is 4.11. The van der Waals surface area contributed by atoms with E-state index in [1.54, 1.807) is 12.1 Å². The third kappa shape index (κ3) is 4.10. The Labute approximate surface area is 185 Å². The number of carbonyl (C=O) groups excluding carboxylic acids is 2. The van der Waals surface area contributed by atoms with Gasteiger partial charge in [0.1, 0.15) is 23.4 Å². The summed E-state index contributed by atoms with van der Waals surface area (Å²) in [6.45, 7) is 6.05. The van der Waals surface area contributed by atoms with Crippen molar-refractivity contribution in [1.82, 2.24) is 19.9 Å². The van der Waals surface area contributed by atoms with Gasteiger partial charge in [0.25, 0.3) is 0 Å². The number of nitrogen functional groups attached to an aromatic ring is 1. The summed E-state index contributed by atoms with van der Waals surface area (Å²) >= 11 is 0. The molecular formula is C23H27N5O4. The Bertz CT molecular complexity index is 1180. The SMILES string of the molecule is COC(=O)c1ccc(-c2c3n(c4ncnc(N)c24)CC(NC(=O)OC(C)(C)C)CC3)cc1. The van der Waals surface area contributed by atoms with Crippen LogP contribution in [0.15, 0.2) is 30.6 Å². The highest BCUT2D eigenvalue weighted by molar-refractivity contribution is 6.03. The number of alkyl carbamates (subject to hydrolysis) is 1. The first-order valence-corrected chi connectivity index (χ1v) is 10.5. The molecule has 0 bridgehead atoms. The number of esters is 1. The van der Waals surface area contributed by atoms with E-state index < -0.39 is 11.7 Å². The molecule has 3 N–H and O–H groups in total. The smallest absolute Gasteiger partial charge is 0.407 e. The molecule has 3 heterocycles. The number of benzene rings is 1. The Kier molecular flexibility index (Phi) is 5.50. The van der Waals surface area contributed by atoms with Crippen LogP contribution >= 0.6 is 0 Å². The average molecular weight is 438 g/mol. The van der Waals surface area contributed by atoms with Crippen molar-refractivity contribution in [3.63, 3.8) is 0 Å². The van der Waals surface area contributed by atoms with E-state index in [1.807, 2.05) is 32.9 Å². The first-order valence-electron chi connectivity index (χ1n) is 10.5. The van der Waals surface area contributed by atoms with Gasteiger partial charge < -0.3 is 25.1 Å². The summed E-state index contributed by atoms with van der Waals surface area (Å²) < 4.78 is 12.3. The standard InChI is InChI=1S/C23H27N5O4/c1-23(2,3)32-22(30)27-15-9-10-16-17(13-5-7-14(8-6-13)21(29)31-4)18-19(24)25-12-26-20(18)28(16)11-15/h5-8,12,15H,9-11H2,1-4H3,(H,27,30)(H2,24,25,26). The zero-order valence-electron chi connectivity index (χ0n) is 18.6. The van der Waals surface area contributed by atoms with Crippen molar-refractivity contribution in [3.8, 4) is 11.1 Å². The number of methoxy groups -OCH3 is 1. The van der Waals surface area contributed by atoms with Crippen LogP contribution < -0.4 is 11.1 Å². The van der Waals surface area contributed by atoms with Crippen molar-refractivity contribution in [2.75, 3.05) is 12.8 Å². The van der Waals surface area contributed by atoms with Crippen LogP contribution in [0.3, 0.4) is 0 Å². The summed E-state index contributed by atoms with van der Waals surface area (Å²) in [5.41, 5.74) is 9.82. The molecule has 1 aromatic carbocycles. The number of nitrogens with zero attached hydrogens (tertiary/aromatic N) is 3. The zero-order chi connectivity index (χ0) is 23.0. The lowest BCUT2D eigenvalue weighted by molar-refractivity contribution is 0.0492. The minimum atomic E-state index is -0.560. The number of rotatable bonds is 3. The molecule has 168 valence electrons. The number of carbonyl (C=O) groups is 2. The summed E-state index contributed by atoms with van der Waals surface area (Å²) in [5.74, 6) is -0.000166. The first-order chi connectivity index (χ1) is 15.2. The molecule has 2 aromatic heterocycles. The van der Waals surface area contributed by atoms with E-state index in [1.165, 1.54) is 13.4 Å². The van der Waals surface area contributed by atoms with Crippen LogP contribution in [0.4, 0.5) is 10.6 Å². The molecule has 0 spiro atoms. The summed E-state index contributed by atoms with van der Waals surface area (Å²) in [5, 5.41) is 3.73. The number of ether oxygens (including phenoxy) is 2. The van der Waals surface area contributed by atoms with E-state index in [2.05, 4.69) is 19.9 Å². The number of anilines is 1. The maximum atomic E-state index is 12.3. The topological polar surface area (TPSA) is 121 Å². The molecule has 32 heavy (non-hydrogen) atoms. The van der Waals surface area contributed by atoms with E-state index in [0.29, 0.717) is 24.3 Å². The molecule has 4 rings (SSSR count). The monoisotopic (exact) mass is 437 g/mol. The van der Waals surface area contributed by atoms with Crippen LogP contribution in [-0.4, -0.2) is 45.4 Å². The van der Waals surface area contributed by atoms with Gasteiger partial charge in [-0.3, -0.25) is 0 Å². The van der Waals surface area contributed by atoms with Gasteiger partial charge in [0.15, 0.2) is 0 Å². The molecule has 0 saturated carbocycles. The van der Waals surface area contributed by atoms with Gasteiger partial charge in [0.05, 0.1) is 24.1 Å². The van der Waals surface area contributed by atoms with E-state index in [-0.39, 0.29) is 12.0 Å². The lowest BCUT2D eigenvalue weighted by Crippen LogP contribution is -2.43. The quantitative estimate of drug-likeness (QED) is 0.603. The van der Waals surface area contributed by atoms with Gasteiger partial charge in [-0.2, -0.15) is 0 Å². The molecule has 1 unspecified atom stereocenters. The molecule has 9 nitrogen and oxygen atoms in total. The van der Waals surface area contributed by atoms with Gasteiger partial charge >= 0.3 is 12.1 Å². The molecule has 0 radical (unpaired) electrons. The maximum Gasteiger partial charge on any atom is 0.407 e.